The number of para-hydroxylation sites is 1. The monoisotopic (exact) mass is 285 g/mol. The van der Waals surface area contributed by atoms with Gasteiger partial charge in [-0.1, -0.05) is 18.2 Å². The molecule has 1 heterocycles. The molecular formula is C16H19N3O2. The molecule has 5 heteroatoms. The Balaban J connectivity index is 1.98. The summed E-state index contributed by atoms with van der Waals surface area (Å²) < 4.78 is 5.25. The van der Waals surface area contributed by atoms with Gasteiger partial charge in [0, 0.05) is 18.7 Å². The van der Waals surface area contributed by atoms with Crippen molar-refractivity contribution in [2.24, 2.45) is 0 Å². The van der Waals surface area contributed by atoms with Crippen molar-refractivity contribution in [3.63, 3.8) is 0 Å². The molecule has 0 fully saturated rings. The predicted molar refractivity (Wildman–Crippen MR) is 82.6 cm³/mol. The molecule has 2 aromatic rings. The highest BCUT2D eigenvalue weighted by atomic mass is 16.5. The Morgan fingerprint density at radius 1 is 1.24 bits per heavy atom. The number of aromatic nitrogens is 1. The maximum atomic E-state index is 12.1. The summed E-state index contributed by atoms with van der Waals surface area (Å²) in [4.78, 5) is 16.2. The summed E-state index contributed by atoms with van der Waals surface area (Å²) in [5.41, 5.74) is 2.22. The van der Waals surface area contributed by atoms with Crippen LogP contribution in [0.15, 0.2) is 42.6 Å². The van der Waals surface area contributed by atoms with Gasteiger partial charge in [0.1, 0.15) is 11.4 Å². The fraction of sp³-hybridized carbons (Fsp3) is 0.250. The van der Waals surface area contributed by atoms with Crippen molar-refractivity contribution in [2.45, 2.75) is 13.5 Å². The Bertz CT molecular complexity index is 597. The van der Waals surface area contributed by atoms with E-state index in [1.807, 2.05) is 37.3 Å². The molecule has 0 aliphatic carbocycles. The Kier molecular flexibility index (Phi) is 5.15. The molecule has 0 spiro atoms. The van der Waals surface area contributed by atoms with Crippen molar-refractivity contribution in [1.29, 1.82) is 0 Å². The maximum absolute atomic E-state index is 12.1. The number of rotatable bonds is 6. The van der Waals surface area contributed by atoms with E-state index in [4.69, 9.17) is 4.74 Å². The first-order valence-electron chi connectivity index (χ1n) is 6.84. The van der Waals surface area contributed by atoms with Crippen molar-refractivity contribution < 1.29 is 9.53 Å². The van der Waals surface area contributed by atoms with Gasteiger partial charge in [-0.3, -0.25) is 4.79 Å². The largest absolute Gasteiger partial charge is 0.496 e. The van der Waals surface area contributed by atoms with Crippen molar-refractivity contribution in [1.82, 2.24) is 10.3 Å². The summed E-state index contributed by atoms with van der Waals surface area (Å²) in [6, 6.07) is 11.1. The molecule has 1 amide bonds. The number of anilines is 1. The summed E-state index contributed by atoms with van der Waals surface area (Å²) >= 11 is 0. The van der Waals surface area contributed by atoms with E-state index in [-0.39, 0.29) is 5.91 Å². The van der Waals surface area contributed by atoms with E-state index >= 15 is 0 Å². The van der Waals surface area contributed by atoms with Gasteiger partial charge in [0.2, 0.25) is 0 Å². The van der Waals surface area contributed by atoms with Crippen LogP contribution in [0.3, 0.4) is 0 Å². The number of carbonyl (C=O) groups excluding carboxylic acids is 1. The minimum atomic E-state index is -0.205. The van der Waals surface area contributed by atoms with Gasteiger partial charge in [-0.15, -0.1) is 0 Å². The number of hydrogen-bond acceptors (Lipinski definition) is 4. The molecular weight excluding hydrogens is 266 g/mol. The van der Waals surface area contributed by atoms with Gasteiger partial charge in [-0.05, 0) is 25.1 Å². The number of nitrogens with one attached hydrogen (secondary N) is 2. The van der Waals surface area contributed by atoms with Crippen LogP contribution in [-0.4, -0.2) is 24.5 Å². The average Bonchev–Trinajstić information content (AvgIpc) is 2.54. The number of benzene rings is 1. The first-order valence-corrected chi connectivity index (χ1v) is 6.84. The van der Waals surface area contributed by atoms with Gasteiger partial charge in [0.15, 0.2) is 0 Å². The highest BCUT2D eigenvalue weighted by Gasteiger charge is 2.08. The Morgan fingerprint density at radius 2 is 2.05 bits per heavy atom. The zero-order valence-electron chi connectivity index (χ0n) is 12.2. The Morgan fingerprint density at radius 3 is 2.71 bits per heavy atom. The zero-order valence-corrected chi connectivity index (χ0v) is 12.2. The molecule has 0 saturated carbocycles. The second kappa shape index (κ2) is 7.28. The first kappa shape index (κ1) is 14.8. The van der Waals surface area contributed by atoms with E-state index in [1.165, 1.54) is 0 Å². The second-order valence-corrected chi connectivity index (χ2v) is 4.46. The van der Waals surface area contributed by atoms with Crippen LogP contribution in [0.4, 0.5) is 5.69 Å². The molecule has 21 heavy (non-hydrogen) atoms. The highest BCUT2D eigenvalue weighted by Crippen LogP contribution is 2.16. The predicted octanol–water partition coefficient (Wildman–Crippen LogP) is 2.45. The van der Waals surface area contributed by atoms with Gasteiger partial charge >= 0.3 is 0 Å². The third-order valence-corrected chi connectivity index (χ3v) is 3.01. The lowest BCUT2D eigenvalue weighted by Gasteiger charge is -2.09. The van der Waals surface area contributed by atoms with Crippen molar-refractivity contribution in [3.05, 3.63) is 53.9 Å². The van der Waals surface area contributed by atoms with Crippen LogP contribution in [0.2, 0.25) is 0 Å². The van der Waals surface area contributed by atoms with Crippen molar-refractivity contribution in [2.75, 3.05) is 19.0 Å². The van der Waals surface area contributed by atoms with Crippen LogP contribution in [0, 0.1) is 0 Å². The molecule has 1 aromatic heterocycles. The molecule has 0 aliphatic heterocycles. The number of carbonyl (C=O) groups is 1. The molecule has 0 unspecified atom stereocenters. The lowest BCUT2D eigenvalue weighted by atomic mass is 10.2. The first-order chi connectivity index (χ1) is 10.2. The molecule has 0 aliphatic rings. The number of methoxy groups -OCH3 is 1. The molecule has 0 bridgehead atoms. The summed E-state index contributed by atoms with van der Waals surface area (Å²) in [6.45, 7) is 3.23. The van der Waals surface area contributed by atoms with Gasteiger partial charge in [-0.25, -0.2) is 4.98 Å². The molecule has 5 nitrogen and oxygen atoms in total. The molecule has 2 rings (SSSR count). The lowest BCUT2D eigenvalue weighted by molar-refractivity contribution is 0.0946. The van der Waals surface area contributed by atoms with E-state index in [0.717, 1.165) is 23.5 Å². The maximum Gasteiger partial charge on any atom is 0.270 e. The average molecular weight is 285 g/mol. The van der Waals surface area contributed by atoms with E-state index < -0.39 is 0 Å². The molecule has 0 radical (unpaired) electrons. The zero-order chi connectivity index (χ0) is 15.1. The standard InChI is InChI=1S/C16H19N3O2/c1-3-17-13-8-9-14(18-11-13)16(20)19-10-12-6-4-5-7-15(12)21-2/h4-9,11,17H,3,10H2,1-2H3,(H,19,20). The number of amides is 1. The summed E-state index contributed by atoms with van der Waals surface area (Å²) in [6.07, 6.45) is 1.65. The molecule has 2 N–H and O–H groups in total. The van der Waals surface area contributed by atoms with Gasteiger partial charge in [0.05, 0.1) is 19.0 Å². The quantitative estimate of drug-likeness (QED) is 0.855. The lowest BCUT2D eigenvalue weighted by Crippen LogP contribution is -2.24. The number of hydrogen-bond donors (Lipinski definition) is 2. The molecule has 1 aromatic carbocycles. The number of nitrogens with zero attached hydrogens (tertiary/aromatic N) is 1. The highest BCUT2D eigenvalue weighted by molar-refractivity contribution is 5.92. The molecule has 0 saturated heterocycles. The Hall–Kier alpha value is -2.56. The fourth-order valence-corrected chi connectivity index (χ4v) is 1.95. The summed E-state index contributed by atoms with van der Waals surface area (Å²) in [7, 11) is 1.61. The minimum Gasteiger partial charge on any atom is -0.496 e. The third kappa shape index (κ3) is 3.95. The summed E-state index contributed by atoms with van der Waals surface area (Å²) in [5, 5.41) is 5.98. The van der Waals surface area contributed by atoms with Crippen LogP contribution in [0.1, 0.15) is 23.0 Å². The van der Waals surface area contributed by atoms with Crippen LogP contribution in [-0.2, 0) is 6.54 Å². The minimum absolute atomic E-state index is 0.205. The van der Waals surface area contributed by atoms with E-state index in [2.05, 4.69) is 15.6 Å². The summed E-state index contributed by atoms with van der Waals surface area (Å²) in [5.74, 6) is 0.553. The van der Waals surface area contributed by atoms with Crippen molar-refractivity contribution >= 4 is 11.6 Å². The molecule has 0 atom stereocenters. The topological polar surface area (TPSA) is 63.2 Å². The number of pyridine rings is 1. The smallest absolute Gasteiger partial charge is 0.270 e. The number of ether oxygens (including phenoxy) is 1. The normalized spacial score (nSPS) is 10.0. The van der Waals surface area contributed by atoms with Crippen LogP contribution in [0.5, 0.6) is 5.75 Å². The van der Waals surface area contributed by atoms with Crippen LogP contribution >= 0.6 is 0 Å². The fourth-order valence-electron chi connectivity index (χ4n) is 1.95. The molecule has 110 valence electrons. The Labute approximate surface area is 124 Å². The third-order valence-electron chi connectivity index (χ3n) is 3.01. The van der Waals surface area contributed by atoms with E-state index in [9.17, 15) is 4.79 Å². The van der Waals surface area contributed by atoms with Gasteiger partial charge in [0.25, 0.3) is 5.91 Å². The second-order valence-electron chi connectivity index (χ2n) is 4.46. The van der Waals surface area contributed by atoms with Gasteiger partial charge < -0.3 is 15.4 Å². The van der Waals surface area contributed by atoms with E-state index in [1.54, 1.807) is 19.4 Å². The van der Waals surface area contributed by atoms with Crippen LogP contribution < -0.4 is 15.4 Å². The SMILES string of the molecule is CCNc1ccc(C(=O)NCc2ccccc2OC)nc1. The van der Waals surface area contributed by atoms with Crippen molar-refractivity contribution in [3.8, 4) is 5.75 Å². The van der Waals surface area contributed by atoms with Crippen LogP contribution in [0.25, 0.3) is 0 Å². The van der Waals surface area contributed by atoms with Gasteiger partial charge in [-0.2, -0.15) is 0 Å². The van der Waals surface area contributed by atoms with E-state index in [0.29, 0.717) is 12.2 Å².